The van der Waals surface area contributed by atoms with Crippen molar-refractivity contribution in [2.45, 2.75) is 78.1 Å². The van der Waals surface area contributed by atoms with Crippen LogP contribution in [-0.4, -0.2) is 56.5 Å². The molecule has 0 saturated carbocycles. The number of tetrazole rings is 1. The van der Waals surface area contributed by atoms with E-state index in [0.717, 1.165) is 59.2 Å². The first kappa shape index (κ1) is 28.0. The number of H-pyrrole nitrogens is 1. The molecule has 2 aromatic carbocycles. The smallest absolute Gasteiger partial charge is 0.253 e. The summed E-state index contributed by atoms with van der Waals surface area (Å²) in [6.07, 6.45) is 2.88. The van der Waals surface area contributed by atoms with E-state index in [2.05, 4.69) is 71.3 Å². The maximum atomic E-state index is 13.9. The highest BCUT2D eigenvalue weighted by Crippen LogP contribution is 2.33. The second kappa shape index (κ2) is 11.5. The van der Waals surface area contributed by atoms with Crippen LogP contribution in [0.15, 0.2) is 47.3 Å². The first-order valence-corrected chi connectivity index (χ1v) is 14.1. The van der Waals surface area contributed by atoms with Crippen LogP contribution in [-0.2, 0) is 16.8 Å². The number of benzene rings is 2. The SMILES string of the molecule is CCC(C)(C)n1nnnc1[C@H](c1cc2cc(C)cc(C)c2[nH]c1=O)N(Cc1cccc(OC)c1)C[C@H]1CCCO1. The fraction of sp³-hybridized carbons (Fsp3) is 0.484. The Morgan fingerprint density at radius 2 is 2.05 bits per heavy atom. The molecule has 0 bridgehead atoms. The van der Waals surface area contributed by atoms with Crippen LogP contribution in [0, 0.1) is 13.8 Å². The number of fused-ring (bicyclic) bond motifs is 1. The number of rotatable bonds is 10. The van der Waals surface area contributed by atoms with Crippen molar-refractivity contribution in [1.82, 2.24) is 30.1 Å². The predicted octanol–water partition coefficient (Wildman–Crippen LogP) is 5.06. The molecule has 1 N–H and O–H groups in total. The maximum absolute atomic E-state index is 13.9. The Hall–Kier alpha value is -3.56. The average molecular weight is 545 g/mol. The molecule has 0 aliphatic carbocycles. The summed E-state index contributed by atoms with van der Waals surface area (Å²) >= 11 is 0. The van der Waals surface area contributed by atoms with Crippen molar-refractivity contribution in [2.75, 3.05) is 20.3 Å². The molecule has 0 unspecified atom stereocenters. The second-order valence-electron chi connectivity index (χ2n) is 11.5. The van der Waals surface area contributed by atoms with E-state index >= 15 is 0 Å². The van der Waals surface area contributed by atoms with Crippen LogP contribution in [0.1, 0.15) is 74.2 Å². The summed E-state index contributed by atoms with van der Waals surface area (Å²) in [5.74, 6) is 1.43. The number of aromatic amines is 1. The number of nitrogens with zero attached hydrogens (tertiary/aromatic N) is 5. The zero-order valence-corrected chi connectivity index (χ0v) is 24.4. The summed E-state index contributed by atoms with van der Waals surface area (Å²) in [6, 6.07) is 13.8. The molecule has 9 heteroatoms. The van der Waals surface area contributed by atoms with Crippen molar-refractivity contribution in [3.8, 4) is 5.75 Å². The Balaban J connectivity index is 1.72. The highest BCUT2D eigenvalue weighted by molar-refractivity contribution is 5.83. The minimum Gasteiger partial charge on any atom is -0.497 e. The first-order chi connectivity index (χ1) is 19.2. The van der Waals surface area contributed by atoms with Crippen LogP contribution in [0.2, 0.25) is 0 Å². The van der Waals surface area contributed by atoms with Crippen molar-refractivity contribution >= 4 is 10.9 Å². The summed E-state index contributed by atoms with van der Waals surface area (Å²) < 4.78 is 13.5. The van der Waals surface area contributed by atoms with E-state index in [0.29, 0.717) is 24.5 Å². The zero-order valence-electron chi connectivity index (χ0n) is 24.4. The van der Waals surface area contributed by atoms with Gasteiger partial charge in [-0.2, -0.15) is 0 Å². The Morgan fingerprint density at radius 1 is 1.23 bits per heavy atom. The van der Waals surface area contributed by atoms with Gasteiger partial charge in [0.15, 0.2) is 5.82 Å². The lowest BCUT2D eigenvalue weighted by molar-refractivity contribution is 0.0562. The van der Waals surface area contributed by atoms with Gasteiger partial charge in [0.05, 0.1) is 24.3 Å². The molecule has 4 aromatic rings. The highest BCUT2D eigenvalue weighted by atomic mass is 16.5. The van der Waals surface area contributed by atoms with Crippen LogP contribution in [0.3, 0.4) is 0 Å². The van der Waals surface area contributed by atoms with Crippen LogP contribution < -0.4 is 10.3 Å². The first-order valence-electron chi connectivity index (χ1n) is 14.1. The number of hydrogen-bond donors (Lipinski definition) is 1. The molecule has 1 aliphatic heterocycles. The van der Waals surface area contributed by atoms with E-state index in [4.69, 9.17) is 9.47 Å². The maximum Gasteiger partial charge on any atom is 0.253 e. The molecular formula is C31H40N6O3. The highest BCUT2D eigenvalue weighted by Gasteiger charge is 2.36. The Morgan fingerprint density at radius 3 is 2.77 bits per heavy atom. The van der Waals surface area contributed by atoms with E-state index < -0.39 is 6.04 Å². The van der Waals surface area contributed by atoms with Crippen LogP contribution >= 0.6 is 0 Å². The van der Waals surface area contributed by atoms with Gasteiger partial charge >= 0.3 is 0 Å². The summed E-state index contributed by atoms with van der Waals surface area (Å²) in [6.45, 7) is 12.4. The molecule has 1 aliphatic rings. The van der Waals surface area contributed by atoms with Gasteiger partial charge in [0.1, 0.15) is 11.8 Å². The van der Waals surface area contributed by atoms with E-state index in [1.165, 1.54) is 0 Å². The zero-order chi connectivity index (χ0) is 28.4. The van der Waals surface area contributed by atoms with Gasteiger partial charge in [-0.05, 0) is 98.2 Å². The van der Waals surface area contributed by atoms with Gasteiger partial charge in [-0.25, -0.2) is 4.68 Å². The monoisotopic (exact) mass is 544 g/mol. The van der Waals surface area contributed by atoms with E-state index in [1.807, 2.05) is 35.9 Å². The molecule has 2 aromatic heterocycles. The summed E-state index contributed by atoms with van der Waals surface area (Å²) in [5, 5.41) is 14.1. The average Bonchev–Trinajstić information content (AvgIpc) is 3.63. The number of pyridine rings is 1. The molecule has 212 valence electrons. The van der Waals surface area contributed by atoms with E-state index in [1.54, 1.807) is 7.11 Å². The molecule has 1 fully saturated rings. The van der Waals surface area contributed by atoms with Crippen molar-refractivity contribution in [2.24, 2.45) is 0 Å². The fourth-order valence-corrected chi connectivity index (χ4v) is 5.67. The topological polar surface area (TPSA) is 98.2 Å². The number of aromatic nitrogens is 5. The number of methoxy groups -OCH3 is 1. The summed E-state index contributed by atoms with van der Waals surface area (Å²) in [7, 11) is 1.67. The predicted molar refractivity (Wildman–Crippen MR) is 156 cm³/mol. The molecule has 3 heterocycles. The third-order valence-electron chi connectivity index (χ3n) is 8.14. The number of aryl methyl sites for hydroxylation is 2. The van der Waals surface area contributed by atoms with E-state index in [9.17, 15) is 4.79 Å². The lowest BCUT2D eigenvalue weighted by atomic mass is 9.97. The van der Waals surface area contributed by atoms with Crippen LogP contribution in [0.5, 0.6) is 5.75 Å². The largest absolute Gasteiger partial charge is 0.497 e. The molecule has 40 heavy (non-hydrogen) atoms. The summed E-state index contributed by atoms with van der Waals surface area (Å²) in [4.78, 5) is 19.4. The van der Waals surface area contributed by atoms with Crippen molar-refractivity contribution in [3.05, 3.63) is 80.9 Å². The van der Waals surface area contributed by atoms with Crippen molar-refractivity contribution < 1.29 is 9.47 Å². The van der Waals surface area contributed by atoms with Gasteiger partial charge < -0.3 is 14.5 Å². The molecule has 0 radical (unpaired) electrons. The van der Waals surface area contributed by atoms with Crippen LogP contribution in [0.25, 0.3) is 10.9 Å². The summed E-state index contributed by atoms with van der Waals surface area (Å²) in [5.41, 5.74) is 4.23. The van der Waals surface area contributed by atoms with Gasteiger partial charge in [0, 0.05) is 25.3 Å². The normalized spacial score (nSPS) is 16.6. The van der Waals surface area contributed by atoms with Gasteiger partial charge in [0.25, 0.3) is 5.56 Å². The minimum absolute atomic E-state index is 0.0562. The van der Waals surface area contributed by atoms with E-state index in [-0.39, 0.29) is 17.2 Å². The number of hydrogen-bond acceptors (Lipinski definition) is 7. The molecule has 1 saturated heterocycles. The standard InChI is InChI=1S/C31H40N6O3/c1-7-31(4,5)37-29(33-34-35-37)28(26-17-23-15-20(2)14-21(3)27(23)32-30(26)38)36(19-25-12-9-13-40-25)18-22-10-8-11-24(16-22)39-6/h8,10-11,14-17,25,28H,7,9,12-13,18-19H2,1-6H3,(H,32,38)/t25-,28+/m1/s1. The van der Waals surface area contributed by atoms with Gasteiger partial charge in [-0.15, -0.1) is 5.10 Å². The van der Waals surface area contributed by atoms with Gasteiger partial charge in [-0.3, -0.25) is 9.69 Å². The van der Waals surface area contributed by atoms with Crippen LogP contribution in [0.4, 0.5) is 0 Å². The van der Waals surface area contributed by atoms with Gasteiger partial charge in [0.2, 0.25) is 0 Å². The number of nitrogens with one attached hydrogen (secondary N) is 1. The third-order valence-corrected chi connectivity index (χ3v) is 8.14. The molecule has 0 spiro atoms. The lowest BCUT2D eigenvalue weighted by Crippen LogP contribution is -2.41. The molecule has 2 atom stereocenters. The molecule has 5 rings (SSSR count). The molecular weight excluding hydrogens is 504 g/mol. The Kier molecular flexibility index (Phi) is 8.05. The fourth-order valence-electron chi connectivity index (χ4n) is 5.67. The Labute approximate surface area is 235 Å². The number of ether oxygens (including phenoxy) is 2. The second-order valence-corrected chi connectivity index (χ2v) is 11.5. The minimum atomic E-state index is -0.509. The third kappa shape index (κ3) is 5.67. The van der Waals surface area contributed by atoms with Gasteiger partial charge in [-0.1, -0.05) is 30.7 Å². The molecule has 9 nitrogen and oxygen atoms in total. The Bertz CT molecular complexity index is 1540. The lowest BCUT2D eigenvalue weighted by Gasteiger charge is -2.35. The molecule has 0 amide bonds. The van der Waals surface area contributed by atoms with Crippen molar-refractivity contribution in [1.29, 1.82) is 0 Å². The quantitative estimate of drug-likeness (QED) is 0.298. The van der Waals surface area contributed by atoms with Crippen molar-refractivity contribution in [3.63, 3.8) is 0 Å².